The second kappa shape index (κ2) is 6.96. The minimum atomic E-state index is -1.28. The number of carboxylic acids is 1. The third-order valence-corrected chi connectivity index (χ3v) is 4.00. The van der Waals surface area contributed by atoms with E-state index >= 15 is 0 Å². The highest BCUT2D eigenvalue weighted by molar-refractivity contribution is 6.42. The molecule has 0 aliphatic heterocycles. The van der Waals surface area contributed by atoms with Crippen LogP contribution in [-0.4, -0.2) is 34.0 Å². The van der Waals surface area contributed by atoms with E-state index in [1.54, 1.807) is 25.1 Å². The Labute approximate surface area is 134 Å². The van der Waals surface area contributed by atoms with Gasteiger partial charge in [-0.1, -0.05) is 35.3 Å². The third-order valence-electron chi connectivity index (χ3n) is 3.17. The van der Waals surface area contributed by atoms with Gasteiger partial charge in [-0.2, -0.15) is 0 Å². The third kappa shape index (κ3) is 3.99. The molecule has 4 nitrogen and oxygen atoms in total. The van der Waals surface area contributed by atoms with Crippen LogP contribution >= 0.6 is 23.2 Å². The molecular formula is C15H17Cl2NO3. The van der Waals surface area contributed by atoms with Crippen LogP contribution < -0.4 is 0 Å². The van der Waals surface area contributed by atoms with Gasteiger partial charge in [-0.25, -0.2) is 4.79 Å². The number of carbonyl (C=O) groups excluding carboxylic acids is 1. The summed E-state index contributed by atoms with van der Waals surface area (Å²) in [5, 5.41) is 9.94. The Bertz CT molecular complexity index is 582. The van der Waals surface area contributed by atoms with Crippen LogP contribution in [0.4, 0.5) is 0 Å². The normalized spacial score (nSPS) is 11.7. The molecule has 0 aliphatic carbocycles. The highest BCUT2D eigenvalue weighted by Crippen LogP contribution is 2.26. The summed E-state index contributed by atoms with van der Waals surface area (Å²) in [6, 6.07) is 5.09. The Morgan fingerprint density at radius 2 is 1.95 bits per heavy atom. The van der Waals surface area contributed by atoms with E-state index in [1.165, 1.54) is 30.9 Å². The van der Waals surface area contributed by atoms with E-state index in [1.807, 2.05) is 0 Å². The van der Waals surface area contributed by atoms with Crippen LogP contribution in [0.1, 0.15) is 26.3 Å². The Morgan fingerprint density at radius 3 is 2.48 bits per heavy atom. The van der Waals surface area contributed by atoms with E-state index in [4.69, 9.17) is 23.2 Å². The van der Waals surface area contributed by atoms with Crippen molar-refractivity contribution in [2.45, 2.75) is 26.3 Å². The van der Waals surface area contributed by atoms with E-state index in [2.05, 4.69) is 0 Å². The number of carboxylic acid groups (broad SMARTS) is 1. The lowest BCUT2D eigenvalue weighted by atomic mass is 10.0. The number of hydrogen-bond donors (Lipinski definition) is 1. The first-order chi connectivity index (χ1) is 9.71. The molecule has 0 unspecified atom stereocenters. The van der Waals surface area contributed by atoms with E-state index in [-0.39, 0.29) is 6.54 Å². The summed E-state index contributed by atoms with van der Waals surface area (Å²) in [5.74, 6) is -1.46. The van der Waals surface area contributed by atoms with Crippen LogP contribution in [0.3, 0.4) is 0 Å². The first-order valence-corrected chi connectivity index (χ1v) is 7.14. The molecule has 1 amide bonds. The summed E-state index contributed by atoms with van der Waals surface area (Å²) in [4.78, 5) is 24.7. The molecule has 0 bridgehead atoms. The number of carbonyl (C=O) groups is 2. The summed E-state index contributed by atoms with van der Waals surface area (Å²) in [5.41, 5.74) is -0.685. The molecule has 114 valence electrons. The lowest BCUT2D eigenvalue weighted by molar-refractivity contribution is -0.154. The molecule has 0 saturated carbocycles. The standard InChI is InChI=1S/C15H17Cl2NO3/c1-4-18(15(2,3)14(20)21)12(19)9-8-10-6-5-7-11(16)13(10)17/h5-9H,4H2,1-3H3,(H,20,21). The van der Waals surface area contributed by atoms with Crippen LogP contribution in [0.5, 0.6) is 0 Å². The molecule has 0 radical (unpaired) electrons. The van der Waals surface area contributed by atoms with Crippen molar-refractivity contribution in [2.24, 2.45) is 0 Å². The molecule has 21 heavy (non-hydrogen) atoms. The van der Waals surface area contributed by atoms with Gasteiger partial charge in [0.25, 0.3) is 0 Å². The van der Waals surface area contributed by atoms with Crippen molar-refractivity contribution in [2.75, 3.05) is 6.54 Å². The lowest BCUT2D eigenvalue weighted by Crippen LogP contribution is -2.52. The molecule has 0 aromatic heterocycles. The second-order valence-corrected chi connectivity index (χ2v) is 5.71. The monoisotopic (exact) mass is 329 g/mol. The molecule has 1 aromatic rings. The van der Waals surface area contributed by atoms with Crippen LogP contribution in [0.2, 0.25) is 10.0 Å². The number of benzene rings is 1. The molecule has 0 saturated heterocycles. The van der Waals surface area contributed by atoms with Gasteiger partial charge in [0.15, 0.2) is 0 Å². The number of amides is 1. The molecule has 6 heteroatoms. The SMILES string of the molecule is CCN(C(=O)C=Cc1cccc(Cl)c1Cl)C(C)(C)C(=O)O. The van der Waals surface area contributed by atoms with Gasteiger partial charge >= 0.3 is 5.97 Å². The number of aliphatic carboxylic acids is 1. The number of likely N-dealkylation sites (N-methyl/N-ethyl adjacent to an activating group) is 1. The van der Waals surface area contributed by atoms with E-state index in [0.717, 1.165) is 0 Å². The molecule has 1 aromatic carbocycles. The highest BCUT2D eigenvalue weighted by atomic mass is 35.5. The predicted octanol–water partition coefficient (Wildman–Crippen LogP) is 3.72. The minimum Gasteiger partial charge on any atom is -0.480 e. The molecule has 0 atom stereocenters. The molecule has 0 aliphatic rings. The van der Waals surface area contributed by atoms with Crippen molar-refractivity contribution >= 4 is 41.2 Å². The Balaban J connectivity index is 3.01. The Morgan fingerprint density at radius 1 is 1.33 bits per heavy atom. The summed E-state index contributed by atoms with van der Waals surface area (Å²) in [7, 11) is 0. The highest BCUT2D eigenvalue weighted by Gasteiger charge is 2.35. The van der Waals surface area contributed by atoms with Gasteiger partial charge in [-0.05, 0) is 38.5 Å². The summed E-state index contributed by atoms with van der Waals surface area (Å²) in [6.07, 6.45) is 2.82. The van der Waals surface area contributed by atoms with Crippen LogP contribution in [0.15, 0.2) is 24.3 Å². The van der Waals surface area contributed by atoms with E-state index in [9.17, 15) is 14.7 Å². The lowest BCUT2D eigenvalue weighted by Gasteiger charge is -2.33. The quantitative estimate of drug-likeness (QED) is 0.837. The van der Waals surface area contributed by atoms with Gasteiger partial charge in [0.2, 0.25) is 5.91 Å². The fourth-order valence-electron chi connectivity index (χ4n) is 1.84. The first kappa shape index (κ1) is 17.5. The van der Waals surface area contributed by atoms with Crippen molar-refractivity contribution < 1.29 is 14.7 Å². The number of rotatable bonds is 5. The summed E-state index contributed by atoms with van der Waals surface area (Å²) >= 11 is 11.9. The molecule has 0 spiro atoms. The van der Waals surface area contributed by atoms with Gasteiger partial charge in [0.1, 0.15) is 5.54 Å². The van der Waals surface area contributed by atoms with Gasteiger partial charge in [0, 0.05) is 12.6 Å². The van der Waals surface area contributed by atoms with E-state index in [0.29, 0.717) is 15.6 Å². The average Bonchev–Trinajstić information content (AvgIpc) is 2.40. The number of halogens is 2. The maximum Gasteiger partial charge on any atom is 0.329 e. The van der Waals surface area contributed by atoms with Crippen LogP contribution in [0.25, 0.3) is 6.08 Å². The zero-order chi connectivity index (χ0) is 16.2. The van der Waals surface area contributed by atoms with Crippen LogP contribution in [-0.2, 0) is 9.59 Å². The maximum absolute atomic E-state index is 12.2. The Kier molecular flexibility index (Phi) is 5.81. The number of hydrogen-bond acceptors (Lipinski definition) is 2. The predicted molar refractivity (Wildman–Crippen MR) is 84.6 cm³/mol. The van der Waals surface area contributed by atoms with Crippen molar-refractivity contribution in [1.29, 1.82) is 0 Å². The summed E-state index contributed by atoms with van der Waals surface area (Å²) in [6.45, 7) is 4.97. The van der Waals surface area contributed by atoms with Gasteiger partial charge in [0.05, 0.1) is 10.0 Å². The molecule has 0 fully saturated rings. The first-order valence-electron chi connectivity index (χ1n) is 6.39. The topological polar surface area (TPSA) is 57.6 Å². The largest absolute Gasteiger partial charge is 0.480 e. The molecular weight excluding hydrogens is 313 g/mol. The van der Waals surface area contributed by atoms with Crippen molar-refractivity contribution in [3.63, 3.8) is 0 Å². The van der Waals surface area contributed by atoms with Crippen molar-refractivity contribution in [1.82, 2.24) is 4.90 Å². The van der Waals surface area contributed by atoms with Crippen molar-refractivity contribution in [3.05, 3.63) is 39.9 Å². The fraction of sp³-hybridized carbons (Fsp3) is 0.333. The fourth-order valence-corrected chi connectivity index (χ4v) is 2.21. The van der Waals surface area contributed by atoms with Gasteiger partial charge < -0.3 is 10.0 Å². The zero-order valence-corrected chi connectivity index (χ0v) is 13.6. The second-order valence-electron chi connectivity index (χ2n) is 4.92. The van der Waals surface area contributed by atoms with Crippen LogP contribution in [0, 0.1) is 0 Å². The minimum absolute atomic E-state index is 0.283. The van der Waals surface area contributed by atoms with Gasteiger partial charge in [-0.3, -0.25) is 4.79 Å². The smallest absolute Gasteiger partial charge is 0.329 e. The molecule has 1 rings (SSSR count). The maximum atomic E-state index is 12.2. The van der Waals surface area contributed by atoms with Gasteiger partial charge in [-0.15, -0.1) is 0 Å². The Hall–Kier alpha value is -1.52. The molecule has 1 N–H and O–H groups in total. The average molecular weight is 330 g/mol. The number of nitrogens with zero attached hydrogens (tertiary/aromatic N) is 1. The zero-order valence-electron chi connectivity index (χ0n) is 12.1. The summed E-state index contributed by atoms with van der Waals surface area (Å²) < 4.78 is 0. The van der Waals surface area contributed by atoms with E-state index < -0.39 is 17.4 Å². The van der Waals surface area contributed by atoms with Crippen molar-refractivity contribution in [3.8, 4) is 0 Å². The molecule has 0 heterocycles.